The van der Waals surface area contributed by atoms with Crippen molar-refractivity contribution in [2.24, 2.45) is 0 Å². The summed E-state index contributed by atoms with van der Waals surface area (Å²) in [6, 6.07) is 26.0. The Morgan fingerprint density at radius 3 is 2.41 bits per heavy atom. The molecule has 29 heavy (non-hydrogen) atoms. The highest BCUT2D eigenvalue weighted by Gasteiger charge is 2.04. The number of hydrogen-bond acceptors (Lipinski definition) is 4. The normalized spacial score (nSPS) is 10.6. The molecule has 5 heteroatoms. The number of nitrogens with zero attached hydrogens (tertiary/aromatic N) is 1. The van der Waals surface area contributed by atoms with E-state index < -0.39 is 5.97 Å². The first-order valence-corrected chi connectivity index (χ1v) is 9.20. The maximum Gasteiger partial charge on any atom is 0.335 e. The summed E-state index contributed by atoms with van der Waals surface area (Å²) in [7, 11) is 0. The minimum absolute atomic E-state index is 0.232. The van der Waals surface area contributed by atoms with Crippen molar-refractivity contribution in [3.8, 4) is 11.5 Å². The van der Waals surface area contributed by atoms with E-state index in [1.165, 1.54) is 12.1 Å². The summed E-state index contributed by atoms with van der Waals surface area (Å²) in [4.78, 5) is 15.5. The second-order valence-electron chi connectivity index (χ2n) is 6.55. The number of aromatic carboxylic acids is 1. The van der Waals surface area contributed by atoms with Crippen molar-refractivity contribution in [1.82, 2.24) is 4.98 Å². The van der Waals surface area contributed by atoms with E-state index in [0.29, 0.717) is 19.0 Å². The van der Waals surface area contributed by atoms with E-state index in [-0.39, 0.29) is 5.56 Å². The van der Waals surface area contributed by atoms with Crippen molar-refractivity contribution in [2.75, 3.05) is 0 Å². The molecule has 0 fully saturated rings. The van der Waals surface area contributed by atoms with E-state index in [0.717, 1.165) is 27.9 Å². The second kappa shape index (κ2) is 8.44. The molecular formula is C24H19NO4. The zero-order valence-electron chi connectivity index (χ0n) is 15.6. The van der Waals surface area contributed by atoms with Crippen LogP contribution in [-0.2, 0) is 13.2 Å². The van der Waals surface area contributed by atoms with Gasteiger partial charge in [0.05, 0.1) is 16.8 Å². The van der Waals surface area contributed by atoms with Crippen LogP contribution in [0.2, 0.25) is 0 Å². The molecule has 144 valence electrons. The third-order valence-electron chi connectivity index (χ3n) is 4.45. The number of benzene rings is 3. The number of carboxylic acids is 1. The van der Waals surface area contributed by atoms with Gasteiger partial charge in [-0.15, -0.1) is 0 Å². The molecule has 1 heterocycles. The Bertz CT molecular complexity index is 1140. The molecule has 0 aliphatic carbocycles. The average Bonchev–Trinajstić information content (AvgIpc) is 2.77. The largest absolute Gasteiger partial charge is 0.489 e. The van der Waals surface area contributed by atoms with Crippen molar-refractivity contribution in [1.29, 1.82) is 0 Å². The van der Waals surface area contributed by atoms with E-state index in [4.69, 9.17) is 14.6 Å². The highest BCUT2D eigenvalue weighted by molar-refractivity contribution is 5.87. The monoisotopic (exact) mass is 385 g/mol. The van der Waals surface area contributed by atoms with Gasteiger partial charge in [-0.2, -0.15) is 0 Å². The van der Waals surface area contributed by atoms with Crippen LogP contribution in [0.5, 0.6) is 11.5 Å². The van der Waals surface area contributed by atoms with Gasteiger partial charge in [-0.1, -0.05) is 36.4 Å². The first kappa shape index (κ1) is 18.5. The van der Waals surface area contributed by atoms with Gasteiger partial charge < -0.3 is 14.6 Å². The molecule has 3 aromatic carbocycles. The van der Waals surface area contributed by atoms with Gasteiger partial charge >= 0.3 is 5.97 Å². The highest BCUT2D eigenvalue weighted by atomic mass is 16.5. The molecular weight excluding hydrogens is 366 g/mol. The molecule has 1 N–H and O–H groups in total. The van der Waals surface area contributed by atoms with E-state index in [2.05, 4.69) is 4.98 Å². The molecule has 4 aromatic rings. The SMILES string of the molecule is O=C(O)c1ccc(OCc2cccc(OCc3ccc4ccccc4n3)c2)cc1. The molecule has 5 nitrogen and oxygen atoms in total. The first-order chi connectivity index (χ1) is 14.2. The van der Waals surface area contributed by atoms with Crippen LogP contribution in [0.3, 0.4) is 0 Å². The molecule has 0 bridgehead atoms. The third-order valence-corrected chi connectivity index (χ3v) is 4.45. The van der Waals surface area contributed by atoms with Gasteiger partial charge in [0, 0.05) is 5.39 Å². The second-order valence-corrected chi connectivity index (χ2v) is 6.55. The molecule has 0 aliphatic rings. The smallest absolute Gasteiger partial charge is 0.335 e. The fourth-order valence-corrected chi connectivity index (χ4v) is 2.93. The Hall–Kier alpha value is -3.86. The predicted molar refractivity (Wildman–Crippen MR) is 110 cm³/mol. The Kier molecular flexibility index (Phi) is 5.38. The molecule has 0 unspecified atom stereocenters. The summed E-state index contributed by atoms with van der Waals surface area (Å²) in [5, 5.41) is 10.0. The van der Waals surface area contributed by atoms with Crippen LogP contribution in [0.1, 0.15) is 21.6 Å². The average molecular weight is 385 g/mol. The lowest BCUT2D eigenvalue weighted by atomic mass is 10.2. The van der Waals surface area contributed by atoms with E-state index in [9.17, 15) is 4.79 Å². The summed E-state index contributed by atoms with van der Waals surface area (Å²) >= 11 is 0. The predicted octanol–water partition coefficient (Wildman–Crippen LogP) is 5.09. The van der Waals surface area contributed by atoms with Gasteiger partial charge in [0.25, 0.3) is 0 Å². The molecule has 0 radical (unpaired) electrons. The van der Waals surface area contributed by atoms with Gasteiger partial charge in [-0.05, 0) is 54.1 Å². The molecule has 0 amide bonds. The number of pyridine rings is 1. The number of rotatable bonds is 7. The molecule has 0 saturated carbocycles. The van der Waals surface area contributed by atoms with Gasteiger partial charge in [-0.25, -0.2) is 9.78 Å². The topological polar surface area (TPSA) is 68.7 Å². The minimum Gasteiger partial charge on any atom is -0.489 e. The standard InChI is InChI=1S/C24H19NO4/c26-24(27)19-9-12-21(13-10-19)28-15-17-4-3-6-22(14-17)29-16-20-11-8-18-5-1-2-7-23(18)25-20/h1-14H,15-16H2,(H,26,27). The van der Waals surface area contributed by atoms with E-state index in [1.54, 1.807) is 12.1 Å². The lowest BCUT2D eigenvalue weighted by Gasteiger charge is -2.10. The van der Waals surface area contributed by atoms with E-state index >= 15 is 0 Å². The van der Waals surface area contributed by atoms with Gasteiger partial charge in [0.1, 0.15) is 24.7 Å². The summed E-state index contributed by atoms with van der Waals surface area (Å²) in [5.41, 5.74) is 3.00. The molecule has 0 atom stereocenters. The number of fused-ring (bicyclic) bond motifs is 1. The Morgan fingerprint density at radius 2 is 1.59 bits per heavy atom. The molecule has 1 aromatic heterocycles. The number of ether oxygens (including phenoxy) is 2. The van der Waals surface area contributed by atoms with Crippen LogP contribution >= 0.6 is 0 Å². The summed E-state index contributed by atoms with van der Waals surface area (Å²) in [6.07, 6.45) is 0. The lowest BCUT2D eigenvalue weighted by molar-refractivity contribution is 0.0697. The van der Waals surface area contributed by atoms with Crippen LogP contribution in [0, 0.1) is 0 Å². The minimum atomic E-state index is -0.956. The quantitative estimate of drug-likeness (QED) is 0.480. The lowest BCUT2D eigenvalue weighted by Crippen LogP contribution is -2.00. The molecule has 0 aliphatic heterocycles. The number of carbonyl (C=O) groups is 1. The fourth-order valence-electron chi connectivity index (χ4n) is 2.93. The summed E-state index contributed by atoms with van der Waals surface area (Å²) in [6.45, 7) is 0.740. The molecule has 0 saturated heterocycles. The van der Waals surface area contributed by atoms with Gasteiger partial charge in [0.15, 0.2) is 0 Å². The molecule has 4 rings (SSSR count). The Morgan fingerprint density at radius 1 is 0.793 bits per heavy atom. The van der Waals surface area contributed by atoms with Gasteiger partial charge in [0.2, 0.25) is 0 Å². The van der Waals surface area contributed by atoms with Crippen LogP contribution in [0.25, 0.3) is 10.9 Å². The highest BCUT2D eigenvalue weighted by Crippen LogP contribution is 2.19. The van der Waals surface area contributed by atoms with Crippen molar-refractivity contribution < 1.29 is 19.4 Å². The van der Waals surface area contributed by atoms with Gasteiger partial charge in [-0.3, -0.25) is 0 Å². The van der Waals surface area contributed by atoms with Crippen LogP contribution < -0.4 is 9.47 Å². The fraction of sp³-hybridized carbons (Fsp3) is 0.0833. The zero-order chi connectivity index (χ0) is 20.1. The van der Waals surface area contributed by atoms with Crippen molar-refractivity contribution in [2.45, 2.75) is 13.2 Å². The van der Waals surface area contributed by atoms with Crippen LogP contribution in [0.4, 0.5) is 0 Å². The van der Waals surface area contributed by atoms with Crippen molar-refractivity contribution >= 4 is 16.9 Å². The van der Waals surface area contributed by atoms with Crippen LogP contribution in [-0.4, -0.2) is 16.1 Å². The summed E-state index contributed by atoms with van der Waals surface area (Å²) < 4.78 is 11.6. The number of carboxylic acid groups (broad SMARTS) is 1. The molecule has 0 spiro atoms. The third kappa shape index (κ3) is 4.71. The van der Waals surface area contributed by atoms with Crippen molar-refractivity contribution in [3.05, 3.63) is 102 Å². The maximum absolute atomic E-state index is 10.9. The Balaban J connectivity index is 1.37. The number of hydrogen-bond donors (Lipinski definition) is 1. The number of aromatic nitrogens is 1. The van der Waals surface area contributed by atoms with E-state index in [1.807, 2.05) is 60.7 Å². The first-order valence-electron chi connectivity index (χ1n) is 9.20. The zero-order valence-corrected chi connectivity index (χ0v) is 15.6. The number of para-hydroxylation sites is 1. The Labute approximate surface area is 168 Å². The maximum atomic E-state index is 10.9. The van der Waals surface area contributed by atoms with Crippen molar-refractivity contribution in [3.63, 3.8) is 0 Å². The van der Waals surface area contributed by atoms with Crippen LogP contribution in [0.15, 0.2) is 84.9 Å². The summed E-state index contributed by atoms with van der Waals surface area (Å²) in [5.74, 6) is 0.395.